The molecule has 100 valence electrons. The number of ether oxygens (including phenoxy) is 1. The Labute approximate surface area is 108 Å². The van der Waals surface area contributed by atoms with Gasteiger partial charge in [-0.1, -0.05) is 31.9 Å². The molecule has 5 nitrogen and oxygen atoms in total. The SMILES string of the molecule is CCOC(=O)c1nnn(CCC2CC2)c1C(C)C. The van der Waals surface area contributed by atoms with E-state index in [1.807, 2.05) is 4.68 Å². The predicted molar refractivity (Wildman–Crippen MR) is 67.4 cm³/mol. The van der Waals surface area contributed by atoms with Crippen LogP contribution < -0.4 is 0 Å². The van der Waals surface area contributed by atoms with Crippen LogP contribution in [-0.4, -0.2) is 27.6 Å². The molecule has 1 aromatic rings. The number of hydrogen-bond acceptors (Lipinski definition) is 4. The number of esters is 1. The van der Waals surface area contributed by atoms with Gasteiger partial charge in [-0.3, -0.25) is 0 Å². The average molecular weight is 251 g/mol. The molecule has 0 N–H and O–H groups in total. The summed E-state index contributed by atoms with van der Waals surface area (Å²) in [6.45, 7) is 7.12. The second kappa shape index (κ2) is 5.50. The van der Waals surface area contributed by atoms with Gasteiger partial charge in [0.1, 0.15) is 0 Å². The Kier molecular flexibility index (Phi) is 3.99. The first-order valence-electron chi connectivity index (χ1n) is 6.74. The summed E-state index contributed by atoms with van der Waals surface area (Å²) < 4.78 is 6.89. The second-order valence-electron chi connectivity index (χ2n) is 5.15. The highest BCUT2D eigenvalue weighted by molar-refractivity contribution is 5.88. The van der Waals surface area contributed by atoms with Crippen molar-refractivity contribution in [3.63, 3.8) is 0 Å². The highest BCUT2D eigenvalue weighted by Gasteiger charge is 2.25. The minimum absolute atomic E-state index is 0.221. The zero-order chi connectivity index (χ0) is 13.1. The molecule has 0 radical (unpaired) electrons. The summed E-state index contributed by atoms with van der Waals surface area (Å²) in [6.07, 6.45) is 3.79. The molecule has 1 saturated carbocycles. The molecule has 0 amide bonds. The molecule has 18 heavy (non-hydrogen) atoms. The van der Waals surface area contributed by atoms with E-state index in [0.29, 0.717) is 12.3 Å². The third kappa shape index (κ3) is 2.89. The molecule has 0 bridgehead atoms. The first kappa shape index (κ1) is 13.1. The fourth-order valence-corrected chi connectivity index (χ4v) is 2.11. The van der Waals surface area contributed by atoms with E-state index in [1.165, 1.54) is 12.8 Å². The Balaban J connectivity index is 2.15. The van der Waals surface area contributed by atoms with Crippen LogP contribution in [0, 0.1) is 5.92 Å². The van der Waals surface area contributed by atoms with Gasteiger partial charge in [0.2, 0.25) is 0 Å². The number of carbonyl (C=O) groups excluding carboxylic acids is 1. The molecule has 1 fully saturated rings. The normalized spacial score (nSPS) is 15.1. The molecule has 0 spiro atoms. The Bertz CT molecular complexity index is 422. The fourth-order valence-electron chi connectivity index (χ4n) is 2.11. The molecule has 0 aromatic carbocycles. The van der Waals surface area contributed by atoms with E-state index < -0.39 is 0 Å². The van der Waals surface area contributed by atoms with Crippen LogP contribution in [0.25, 0.3) is 0 Å². The van der Waals surface area contributed by atoms with Crippen LogP contribution in [0.1, 0.15) is 62.1 Å². The molecule has 0 unspecified atom stereocenters. The van der Waals surface area contributed by atoms with Crippen LogP contribution in [0.15, 0.2) is 0 Å². The Morgan fingerprint density at radius 1 is 1.50 bits per heavy atom. The summed E-state index contributed by atoms with van der Waals surface area (Å²) in [6, 6.07) is 0. The van der Waals surface area contributed by atoms with E-state index in [0.717, 1.165) is 24.6 Å². The number of aryl methyl sites for hydroxylation is 1. The van der Waals surface area contributed by atoms with Gasteiger partial charge in [-0.2, -0.15) is 0 Å². The van der Waals surface area contributed by atoms with Gasteiger partial charge in [0, 0.05) is 6.54 Å². The molecule has 2 rings (SSSR count). The quantitative estimate of drug-likeness (QED) is 0.728. The Hall–Kier alpha value is -1.39. The molecule has 0 aliphatic heterocycles. The maximum absolute atomic E-state index is 11.8. The molecule has 0 atom stereocenters. The number of rotatable bonds is 6. The van der Waals surface area contributed by atoms with E-state index in [9.17, 15) is 4.79 Å². The summed E-state index contributed by atoms with van der Waals surface area (Å²) in [5, 5.41) is 8.10. The van der Waals surface area contributed by atoms with Crippen LogP contribution in [0.4, 0.5) is 0 Å². The monoisotopic (exact) mass is 251 g/mol. The van der Waals surface area contributed by atoms with E-state index in [1.54, 1.807) is 6.92 Å². The van der Waals surface area contributed by atoms with Gasteiger partial charge >= 0.3 is 5.97 Å². The topological polar surface area (TPSA) is 57.0 Å². The smallest absolute Gasteiger partial charge is 0.360 e. The van der Waals surface area contributed by atoms with Crippen molar-refractivity contribution in [3.8, 4) is 0 Å². The van der Waals surface area contributed by atoms with Gasteiger partial charge in [0.25, 0.3) is 0 Å². The molecule has 1 aliphatic carbocycles. The third-order valence-electron chi connectivity index (χ3n) is 3.24. The lowest BCUT2D eigenvalue weighted by Gasteiger charge is -2.10. The number of aromatic nitrogens is 3. The molecule has 1 heterocycles. The molecule has 5 heteroatoms. The van der Waals surface area contributed by atoms with Crippen molar-refractivity contribution in [2.75, 3.05) is 6.61 Å². The molecule has 1 aliphatic rings. The zero-order valence-corrected chi connectivity index (χ0v) is 11.3. The maximum Gasteiger partial charge on any atom is 0.360 e. The van der Waals surface area contributed by atoms with Gasteiger partial charge in [-0.05, 0) is 25.2 Å². The lowest BCUT2D eigenvalue weighted by Crippen LogP contribution is -2.12. The zero-order valence-electron chi connectivity index (χ0n) is 11.3. The Morgan fingerprint density at radius 2 is 2.22 bits per heavy atom. The van der Waals surface area contributed by atoms with E-state index in [4.69, 9.17) is 4.74 Å². The van der Waals surface area contributed by atoms with Gasteiger partial charge in [0.15, 0.2) is 5.69 Å². The standard InChI is InChI=1S/C13H21N3O2/c1-4-18-13(17)11-12(9(2)3)16(15-14-11)8-7-10-5-6-10/h9-10H,4-8H2,1-3H3. The largest absolute Gasteiger partial charge is 0.461 e. The fraction of sp³-hybridized carbons (Fsp3) is 0.769. The lowest BCUT2D eigenvalue weighted by atomic mass is 10.1. The van der Waals surface area contributed by atoms with E-state index in [2.05, 4.69) is 24.2 Å². The molecule has 0 saturated heterocycles. The second-order valence-corrected chi connectivity index (χ2v) is 5.15. The van der Waals surface area contributed by atoms with Gasteiger partial charge in [0.05, 0.1) is 12.3 Å². The highest BCUT2D eigenvalue weighted by atomic mass is 16.5. The first-order valence-corrected chi connectivity index (χ1v) is 6.74. The first-order chi connectivity index (χ1) is 8.63. The third-order valence-corrected chi connectivity index (χ3v) is 3.24. The van der Waals surface area contributed by atoms with E-state index in [-0.39, 0.29) is 11.9 Å². The summed E-state index contributed by atoms with van der Waals surface area (Å²) in [7, 11) is 0. The minimum Gasteiger partial charge on any atom is -0.461 e. The average Bonchev–Trinajstić information content (AvgIpc) is 3.04. The number of carbonyl (C=O) groups is 1. The van der Waals surface area contributed by atoms with Crippen molar-refractivity contribution in [2.45, 2.75) is 52.5 Å². The van der Waals surface area contributed by atoms with Crippen LogP contribution in [0.2, 0.25) is 0 Å². The number of hydrogen-bond donors (Lipinski definition) is 0. The highest BCUT2D eigenvalue weighted by Crippen LogP contribution is 2.33. The maximum atomic E-state index is 11.8. The Morgan fingerprint density at radius 3 is 2.78 bits per heavy atom. The van der Waals surface area contributed by atoms with Crippen LogP contribution in [-0.2, 0) is 11.3 Å². The molecular formula is C13H21N3O2. The van der Waals surface area contributed by atoms with Crippen molar-refractivity contribution in [2.24, 2.45) is 5.92 Å². The predicted octanol–water partition coefficient (Wildman–Crippen LogP) is 2.38. The summed E-state index contributed by atoms with van der Waals surface area (Å²) in [5.41, 5.74) is 1.27. The van der Waals surface area contributed by atoms with Crippen LogP contribution in [0.3, 0.4) is 0 Å². The van der Waals surface area contributed by atoms with Crippen molar-refractivity contribution >= 4 is 5.97 Å². The summed E-state index contributed by atoms with van der Waals surface area (Å²) >= 11 is 0. The lowest BCUT2D eigenvalue weighted by molar-refractivity contribution is 0.0517. The number of nitrogens with zero attached hydrogens (tertiary/aromatic N) is 3. The van der Waals surface area contributed by atoms with Crippen molar-refractivity contribution in [1.82, 2.24) is 15.0 Å². The minimum atomic E-state index is -0.362. The molecule has 1 aromatic heterocycles. The summed E-state index contributed by atoms with van der Waals surface area (Å²) in [4.78, 5) is 11.8. The van der Waals surface area contributed by atoms with Crippen LogP contribution >= 0.6 is 0 Å². The van der Waals surface area contributed by atoms with Gasteiger partial charge in [-0.25, -0.2) is 9.48 Å². The van der Waals surface area contributed by atoms with Gasteiger partial charge in [-0.15, -0.1) is 5.10 Å². The van der Waals surface area contributed by atoms with Crippen molar-refractivity contribution < 1.29 is 9.53 Å². The summed E-state index contributed by atoms with van der Waals surface area (Å²) in [5.74, 6) is 0.706. The van der Waals surface area contributed by atoms with Gasteiger partial charge < -0.3 is 4.74 Å². The molecular weight excluding hydrogens is 230 g/mol. The van der Waals surface area contributed by atoms with Crippen molar-refractivity contribution in [3.05, 3.63) is 11.4 Å². The van der Waals surface area contributed by atoms with Crippen LogP contribution in [0.5, 0.6) is 0 Å². The van der Waals surface area contributed by atoms with Crippen molar-refractivity contribution in [1.29, 1.82) is 0 Å². The van der Waals surface area contributed by atoms with E-state index >= 15 is 0 Å².